The molecule has 1 aromatic carbocycles. The van der Waals surface area contributed by atoms with E-state index in [0.29, 0.717) is 32.9 Å². The van der Waals surface area contributed by atoms with Crippen LogP contribution in [0.2, 0.25) is 0 Å². The van der Waals surface area contributed by atoms with Crippen LogP contribution in [0, 0.1) is 36.5 Å². The molecule has 138 valence electrons. The van der Waals surface area contributed by atoms with Crippen LogP contribution in [0.25, 0.3) is 0 Å². The van der Waals surface area contributed by atoms with Crippen molar-refractivity contribution in [1.29, 1.82) is 10.5 Å². The summed E-state index contributed by atoms with van der Waals surface area (Å²) in [5.41, 5.74) is 2.81. The molecule has 0 saturated heterocycles. The Kier molecular flexibility index (Phi) is 5.44. The molecule has 0 amide bonds. The van der Waals surface area contributed by atoms with Crippen molar-refractivity contribution in [3.63, 3.8) is 0 Å². The molecule has 8 heteroatoms. The number of aryl methyl sites for hydroxylation is 2. The van der Waals surface area contributed by atoms with Crippen molar-refractivity contribution in [2.75, 3.05) is 0 Å². The van der Waals surface area contributed by atoms with Crippen LogP contribution < -0.4 is 10.2 Å². The van der Waals surface area contributed by atoms with E-state index in [2.05, 4.69) is 32.0 Å². The molecule has 7 nitrogen and oxygen atoms in total. The zero-order valence-corrected chi connectivity index (χ0v) is 16.6. The topological polar surface area (TPSA) is 107 Å². The van der Waals surface area contributed by atoms with Crippen LogP contribution >= 0.6 is 15.9 Å². The number of pyridine rings is 2. The maximum atomic E-state index is 10.1. The van der Waals surface area contributed by atoms with Crippen molar-refractivity contribution < 1.29 is 9.94 Å². The van der Waals surface area contributed by atoms with Crippen LogP contribution in [0.4, 0.5) is 5.82 Å². The Morgan fingerprint density at radius 2 is 1.79 bits per heavy atom. The first-order valence-corrected chi connectivity index (χ1v) is 8.92. The number of aromatic nitrogens is 2. The molecule has 0 saturated carbocycles. The minimum atomic E-state index is 0.194. The fourth-order valence-corrected chi connectivity index (χ4v) is 2.96. The Morgan fingerprint density at radius 3 is 2.36 bits per heavy atom. The van der Waals surface area contributed by atoms with Crippen molar-refractivity contribution in [3.05, 3.63) is 74.9 Å². The SMILES string of the molecule is Cc1cc(C#N)cc(C)c1Oc1cc(=Nc2ccc(C#N)cn2)n(O)cc1Br. The summed E-state index contributed by atoms with van der Waals surface area (Å²) in [5, 5.41) is 28.1. The smallest absolute Gasteiger partial charge is 0.173 e. The number of nitriles is 2. The van der Waals surface area contributed by atoms with Crippen LogP contribution in [0.3, 0.4) is 0 Å². The van der Waals surface area contributed by atoms with Gasteiger partial charge in [0.2, 0.25) is 0 Å². The van der Waals surface area contributed by atoms with E-state index >= 15 is 0 Å². The Bertz CT molecular complexity index is 1180. The molecule has 0 fully saturated rings. The van der Waals surface area contributed by atoms with Crippen molar-refractivity contribution in [2.45, 2.75) is 13.8 Å². The van der Waals surface area contributed by atoms with E-state index < -0.39 is 0 Å². The van der Waals surface area contributed by atoms with Gasteiger partial charge in [-0.2, -0.15) is 15.3 Å². The van der Waals surface area contributed by atoms with Gasteiger partial charge in [0.15, 0.2) is 11.3 Å². The first-order chi connectivity index (χ1) is 13.4. The number of benzene rings is 1. The second kappa shape index (κ2) is 7.95. The average Bonchev–Trinajstić information content (AvgIpc) is 2.68. The molecule has 2 aromatic heterocycles. The molecule has 2 heterocycles. The molecule has 0 unspecified atom stereocenters. The highest BCUT2D eigenvalue weighted by Gasteiger charge is 2.11. The number of nitrogens with zero attached hydrogens (tertiary/aromatic N) is 5. The fourth-order valence-electron chi connectivity index (χ4n) is 2.57. The predicted molar refractivity (Wildman–Crippen MR) is 104 cm³/mol. The van der Waals surface area contributed by atoms with Gasteiger partial charge in [0.1, 0.15) is 17.6 Å². The zero-order chi connectivity index (χ0) is 20.3. The molecule has 0 spiro atoms. The lowest BCUT2D eigenvalue weighted by molar-refractivity contribution is 0.170. The lowest BCUT2D eigenvalue weighted by atomic mass is 10.1. The summed E-state index contributed by atoms with van der Waals surface area (Å²) in [6.07, 6.45) is 2.81. The molecule has 0 aliphatic carbocycles. The Morgan fingerprint density at radius 1 is 1.11 bits per heavy atom. The summed E-state index contributed by atoms with van der Waals surface area (Å²) >= 11 is 3.37. The number of hydrogen-bond acceptors (Lipinski definition) is 6. The van der Waals surface area contributed by atoms with Gasteiger partial charge in [0.05, 0.1) is 27.9 Å². The van der Waals surface area contributed by atoms with Gasteiger partial charge in [-0.15, -0.1) is 0 Å². The number of rotatable bonds is 3. The van der Waals surface area contributed by atoms with Gasteiger partial charge in [-0.05, 0) is 65.2 Å². The lowest BCUT2D eigenvalue weighted by Gasteiger charge is -2.14. The largest absolute Gasteiger partial charge is 0.455 e. The molecule has 0 atom stereocenters. The highest BCUT2D eigenvalue weighted by molar-refractivity contribution is 9.10. The summed E-state index contributed by atoms with van der Waals surface area (Å²) in [7, 11) is 0. The quantitative estimate of drug-likeness (QED) is 0.617. The normalized spacial score (nSPS) is 11.0. The van der Waals surface area contributed by atoms with Gasteiger partial charge >= 0.3 is 0 Å². The predicted octanol–water partition coefficient (Wildman–Crippen LogP) is 4.27. The van der Waals surface area contributed by atoms with Gasteiger partial charge in [-0.25, -0.2) is 9.98 Å². The van der Waals surface area contributed by atoms with Crippen LogP contribution in [0.1, 0.15) is 22.3 Å². The number of hydrogen-bond donors (Lipinski definition) is 1. The monoisotopic (exact) mass is 435 g/mol. The lowest BCUT2D eigenvalue weighted by Crippen LogP contribution is -2.18. The third kappa shape index (κ3) is 4.03. The second-order valence-electron chi connectivity index (χ2n) is 5.97. The Hall–Kier alpha value is -3.62. The molecule has 0 radical (unpaired) electrons. The summed E-state index contributed by atoms with van der Waals surface area (Å²) < 4.78 is 7.40. The van der Waals surface area contributed by atoms with Gasteiger partial charge in [-0.1, -0.05) is 0 Å². The van der Waals surface area contributed by atoms with Crippen molar-refractivity contribution in [3.8, 4) is 23.6 Å². The van der Waals surface area contributed by atoms with E-state index in [1.165, 1.54) is 12.4 Å². The standard InChI is InChI=1S/C20H14BrN5O2/c1-12-5-15(9-23)6-13(2)20(12)28-17-7-19(26(27)11-16(17)21)25-18-4-3-14(8-22)10-24-18/h3-7,10-11,27H,1-2H3. The van der Waals surface area contributed by atoms with Gasteiger partial charge < -0.3 is 9.94 Å². The number of ether oxygens (including phenoxy) is 1. The highest BCUT2D eigenvalue weighted by atomic mass is 79.9. The highest BCUT2D eigenvalue weighted by Crippen LogP contribution is 2.33. The molecule has 1 N–H and O–H groups in total. The molecule has 28 heavy (non-hydrogen) atoms. The third-order valence-corrected chi connectivity index (χ3v) is 4.47. The fraction of sp³-hybridized carbons (Fsp3) is 0.100. The Balaban J connectivity index is 2.04. The molecule has 3 rings (SSSR count). The maximum absolute atomic E-state index is 10.1. The van der Waals surface area contributed by atoms with Gasteiger partial charge in [-0.3, -0.25) is 0 Å². The first-order valence-electron chi connectivity index (χ1n) is 8.13. The molecule has 0 aliphatic heterocycles. The first kappa shape index (κ1) is 19.2. The van der Waals surface area contributed by atoms with E-state index in [1.54, 1.807) is 30.3 Å². The van der Waals surface area contributed by atoms with E-state index in [1.807, 2.05) is 19.9 Å². The van der Waals surface area contributed by atoms with Gasteiger partial charge in [0, 0.05) is 12.3 Å². The van der Waals surface area contributed by atoms with Crippen molar-refractivity contribution >= 4 is 21.7 Å². The maximum Gasteiger partial charge on any atom is 0.173 e. The van der Waals surface area contributed by atoms with E-state index in [4.69, 9.17) is 15.3 Å². The summed E-state index contributed by atoms with van der Waals surface area (Å²) in [6, 6.07) is 12.3. The van der Waals surface area contributed by atoms with Crippen LogP contribution in [-0.2, 0) is 0 Å². The summed E-state index contributed by atoms with van der Waals surface area (Å²) in [6.45, 7) is 3.72. The van der Waals surface area contributed by atoms with Crippen molar-refractivity contribution in [1.82, 2.24) is 9.71 Å². The molecule has 3 aromatic rings. The number of halogens is 1. The molecular weight excluding hydrogens is 422 g/mol. The van der Waals surface area contributed by atoms with E-state index in [9.17, 15) is 5.21 Å². The van der Waals surface area contributed by atoms with E-state index in [-0.39, 0.29) is 5.49 Å². The third-order valence-electron chi connectivity index (χ3n) is 3.87. The molecule has 0 aliphatic rings. The minimum absolute atomic E-state index is 0.194. The minimum Gasteiger partial charge on any atom is -0.455 e. The molecular formula is C20H14BrN5O2. The van der Waals surface area contributed by atoms with Crippen LogP contribution in [0.15, 0.2) is 52.2 Å². The zero-order valence-electron chi connectivity index (χ0n) is 15.0. The van der Waals surface area contributed by atoms with Crippen LogP contribution in [0.5, 0.6) is 11.5 Å². The van der Waals surface area contributed by atoms with E-state index in [0.717, 1.165) is 15.9 Å². The summed E-state index contributed by atoms with van der Waals surface area (Å²) in [5.74, 6) is 1.40. The molecule has 0 bridgehead atoms. The van der Waals surface area contributed by atoms with Gasteiger partial charge in [0.25, 0.3) is 0 Å². The summed E-state index contributed by atoms with van der Waals surface area (Å²) in [4.78, 5) is 8.35. The van der Waals surface area contributed by atoms with Crippen LogP contribution in [-0.4, -0.2) is 14.9 Å². The second-order valence-corrected chi connectivity index (χ2v) is 6.82. The average molecular weight is 436 g/mol. The van der Waals surface area contributed by atoms with Crippen molar-refractivity contribution in [2.24, 2.45) is 4.99 Å². The Labute approximate surface area is 169 Å².